The van der Waals surface area contributed by atoms with Crippen LogP contribution < -0.4 is 0 Å². The van der Waals surface area contributed by atoms with E-state index < -0.39 is 11.9 Å². The SMILES string of the molecule is CC1(C)OOC(C(C)(C)C)C(=O)O1. The Morgan fingerprint density at radius 1 is 1.31 bits per heavy atom. The Kier molecular flexibility index (Phi) is 2.38. The summed E-state index contributed by atoms with van der Waals surface area (Å²) in [4.78, 5) is 21.4. The standard InChI is InChI=1S/C9H16O4/c1-8(2,3)6-7(10)11-9(4,5)13-12-6/h6H,1-5H3. The van der Waals surface area contributed by atoms with Gasteiger partial charge in [-0.1, -0.05) is 20.8 Å². The van der Waals surface area contributed by atoms with Crippen LogP contribution in [0.4, 0.5) is 0 Å². The van der Waals surface area contributed by atoms with Gasteiger partial charge in [-0.2, -0.15) is 4.89 Å². The van der Waals surface area contributed by atoms with E-state index in [1.54, 1.807) is 13.8 Å². The maximum absolute atomic E-state index is 11.4. The van der Waals surface area contributed by atoms with Gasteiger partial charge in [0.05, 0.1) is 0 Å². The lowest BCUT2D eigenvalue weighted by atomic mass is 9.89. The monoisotopic (exact) mass is 188 g/mol. The fourth-order valence-electron chi connectivity index (χ4n) is 1.01. The third-order valence-corrected chi connectivity index (χ3v) is 1.69. The molecule has 13 heavy (non-hydrogen) atoms. The summed E-state index contributed by atoms with van der Waals surface area (Å²) in [6.45, 7) is 8.93. The van der Waals surface area contributed by atoms with Gasteiger partial charge in [-0.15, -0.1) is 0 Å². The molecule has 1 unspecified atom stereocenters. The van der Waals surface area contributed by atoms with E-state index >= 15 is 0 Å². The Hall–Kier alpha value is -0.610. The van der Waals surface area contributed by atoms with Crippen LogP contribution in [-0.4, -0.2) is 17.9 Å². The van der Waals surface area contributed by atoms with E-state index in [1.807, 2.05) is 20.8 Å². The first-order chi connectivity index (χ1) is 5.72. The van der Waals surface area contributed by atoms with Gasteiger partial charge >= 0.3 is 5.97 Å². The molecule has 0 spiro atoms. The van der Waals surface area contributed by atoms with Gasteiger partial charge in [-0.25, -0.2) is 9.68 Å². The number of cyclic esters (lactones) is 1. The molecule has 0 bridgehead atoms. The summed E-state index contributed by atoms with van der Waals surface area (Å²) in [5.41, 5.74) is -0.312. The fourth-order valence-corrected chi connectivity index (χ4v) is 1.01. The Balaban J connectivity index is 2.70. The van der Waals surface area contributed by atoms with Crippen LogP contribution in [0, 0.1) is 5.41 Å². The molecule has 4 nitrogen and oxygen atoms in total. The summed E-state index contributed by atoms with van der Waals surface area (Å²) < 4.78 is 5.03. The number of hydrogen-bond donors (Lipinski definition) is 0. The lowest BCUT2D eigenvalue weighted by Gasteiger charge is -2.37. The van der Waals surface area contributed by atoms with Crippen LogP contribution >= 0.6 is 0 Å². The van der Waals surface area contributed by atoms with Gasteiger partial charge in [0.2, 0.25) is 5.79 Å². The minimum atomic E-state index is -0.973. The molecule has 0 N–H and O–H groups in total. The lowest BCUT2D eigenvalue weighted by molar-refractivity contribution is -0.457. The van der Waals surface area contributed by atoms with E-state index in [2.05, 4.69) is 0 Å². The van der Waals surface area contributed by atoms with E-state index in [4.69, 9.17) is 14.5 Å². The zero-order chi connectivity index (χ0) is 10.3. The van der Waals surface area contributed by atoms with Crippen molar-refractivity contribution in [2.45, 2.75) is 46.5 Å². The molecule has 1 aliphatic heterocycles. The molecule has 1 fully saturated rings. The van der Waals surface area contributed by atoms with Crippen molar-refractivity contribution < 1.29 is 19.3 Å². The second-order valence-corrected chi connectivity index (χ2v) is 4.75. The topological polar surface area (TPSA) is 44.8 Å². The number of carbonyl (C=O) groups excluding carboxylic acids is 1. The molecule has 0 amide bonds. The molecule has 4 heteroatoms. The first-order valence-corrected chi connectivity index (χ1v) is 4.30. The molecule has 0 aromatic rings. The van der Waals surface area contributed by atoms with Crippen molar-refractivity contribution in [3.8, 4) is 0 Å². The molecular formula is C9H16O4. The summed E-state index contributed by atoms with van der Waals surface area (Å²) in [6, 6.07) is 0. The third-order valence-electron chi connectivity index (χ3n) is 1.69. The minimum Gasteiger partial charge on any atom is -0.429 e. The molecule has 1 aliphatic rings. The van der Waals surface area contributed by atoms with Gasteiger partial charge in [0.1, 0.15) is 0 Å². The molecule has 0 aromatic carbocycles. The molecule has 1 atom stereocenters. The maximum atomic E-state index is 11.4. The molecule has 1 rings (SSSR count). The van der Waals surface area contributed by atoms with Gasteiger partial charge < -0.3 is 4.74 Å². The summed E-state index contributed by atoms with van der Waals surface area (Å²) in [6.07, 6.45) is -0.652. The summed E-state index contributed by atoms with van der Waals surface area (Å²) in [5.74, 6) is -1.34. The van der Waals surface area contributed by atoms with Crippen LogP contribution in [0.2, 0.25) is 0 Å². The molecule has 76 valence electrons. The molecule has 0 saturated carbocycles. The van der Waals surface area contributed by atoms with Gasteiger partial charge in [0.15, 0.2) is 6.10 Å². The molecule has 1 saturated heterocycles. The van der Waals surface area contributed by atoms with Crippen molar-refractivity contribution in [1.82, 2.24) is 0 Å². The Morgan fingerprint density at radius 3 is 2.23 bits per heavy atom. The van der Waals surface area contributed by atoms with E-state index in [1.165, 1.54) is 0 Å². The number of esters is 1. The summed E-state index contributed by atoms with van der Waals surface area (Å²) in [7, 11) is 0. The molecule has 0 aromatic heterocycles. The van der Waals surface area contributed by atoms with Crippen molar-refractivity contribution in [3.63, 3.8) is 0 Å². The molecular weight excluding hydrogens is 172 g/mol. The molecule has 0 aliphatic carbocycles. The summed E-state index contributed by atoms with van der Waals surface area (Å²) >= 11 is 0. The molecule has 0 radical (unpaired) electrons. The van der Waals surface area contributed by atoms with Crippen molar-refractivity contribution in [2.75, 3.05) is 0 Å². The zero-order valence-electron chi connectivity index (χ0n) is 8.71. The summed E-state index contributed by atoms with van der Waals surface area (Å²) in [5, 5.41) is 0. The van der Waals surface area contributed by atoms with Crippen LogP contribution in [0.5, 0.6) is 0 Å². The van der Waals surface area contributed by atoms with Crippen LogP contribution in [0.1, 0.15) is 34.6 Å². The number of rotatable bonds is 0. The second kappa shape index (κ2) is 2.96. The smallest absolute Gasteiger partial charge is 0.341 e. The Morgan fingerprint density at radius 2 is 1.85 bits per heavy atom. The number of ether oxygens (including phenoxy) is 1. The first kappa shape index (κ1) is 10.5. The average molecular weight is 188 g/mol. The van der Waals surface area contributed by atoms with E-state index in [0.717, 1.165) is 0 Å². The lowest BCUT2D eigenvalue weighted by Crippen LogP contribution is -2.49. The number of hydrogen-bond acceptors (Lipinski definition) is 4. The third kappa shape index (κ3) is 2.42. The van der Waals surface area contributed by atoms with Gasteiger partial charge in [-0.3, -0.25) is 0 Å². The van der Waals surface area contributed by atoms with E-state index in [9.17, 15) is 4.79 Å². The second-order valence-electron chi connectivity index (χ2n) is 4.75. The maximum Gasteiger partial charge on any atom is 0.341 e. The van der Waals surface area contributed by atoms with Crippen LogP contribution in [-0.2, 0) is 19.3 Å². The highest BCUT2D eigenvalue weighted by molar-refractivity contribution is 5.76. The largest absolute Gasteiger partial charge is 0.429 e. The van der Waals surface area contributed by atoms with Crippen molar-refractivity contribution >= 4 is 5.97 Å². The normalized spacial score (nSPS) is 28.4. The van der Waals surface area contributed by atoms with Gasteiger partial charge in [-0.05, 0) is 0 Å². The zero-order valence-corrected chi connectivity index (χ0v) is 8.71. The highest BCUT2D eigenvalue weighted by atomic mass is 17.2. The highest BCUT2D eigenvalue weighted by Gasteiger charge is 2.43. The van der Waals surface area contributed by atoms with Crippen molar-refractivity contribution in [3.05, 3.63) is 0 Å². The highest BCUT2D eigenvalue weighted by Crippen LogP contribution is 2.30. The fraction of sp³-hybridized carbons (Fsp3) is 0.889. The minimum absolute atomic E-state index is 0.312. The van der Waals surface area contributed by atoms with Crippen LogP contribution in [0.15, 0.2) is 0 Å². The van der Waals surface area contributed by atoms with Gasteiger partial charge in [0, 0.05) is 19.3 Å². The van der Waals surface area contributed by atoms with E-state index in [0.29, 0.717) is 0 Å². The van der Waals surface area contributed by atoms with Crippen LogP contribution in [0.3, 0.4) is 0 Å². The van der Waals surface area contributed by atoms with Crippen molar-refractivity contribution in [2.24, 2.45) is 5.41 Å². The van der Waals surface area contributed by atoms with Crippen LogP contribution in [0.25, 0.3) is 0 Å². The Labute approximate surface area is 78.1 Å². The predicted molar refractivity (Wildman–Crippen MR) is 45.6 cm³/mol. The van der Waals surface area contributed by atoms with Crippen molar-refractivity contribution in [1.29, 1.82) is 0 Å². The predicted octanol–water partition coefficient (Wildman–Crippen LogP) is 1.64. The quantitative estimate of drug-likeness (QED) is 0.428. The Bertz CT molecular complexity index is 214. The average Bonchev–Trinajstić information content (AvgIpc) is 1.80. The van der Waals surface area contributed by atoms with E-state index in [-0.39, 0.29) is 11.4 Å². The first-order valence-electron chi connectivity index (χ1n) is 4.30. The van der Waals surface area contributed by atoms with Gasteiger partial charge in [0.25, 0.3) is 0 Å². The number of carbonyl (C=O) groups is 1. The molecule has 1 heterocycles.